The predicted octanol–water partition coefficient (Wildman–Crippen LogP) is 6.96. The summed E-state index contributed by atoms with van der Waals surface area (Å²) in [4.78, 5) is 17.3. The molecular formula is C29H25FN4O3S2. The van der Waals surface area contributed by atoms with E-state index in [1.165, 1.54) is 30.6 Å². The molecule has 2 heterocycles. The van der Waals surface area contributed by atoms with E-state index in [0.29, 0.717) is 27.1 Å². The third-order valence-electron chi connectivity index (χ3n) is 6.12. The SMILES string of the molecule is COC(=O)C(NC(=S)c1c(-c2ccc(Nc3nc4ccc(F)cc4s3)cc2)noc1-c1ccccc1)C(C)C. The summed E-state index contributed by atoms with van der Waals surface area (Å²) < 4.78 is 25.1. The van der Waals surface area contributed by atoms with Crippen LogP contribution in [0.2, 0.25) is 0 Å². The van der Waals surface area contributed by atoms with Gasteiger partial charge in [-0.2, -0.15) is 0 Å². The Labute approximate surface area is 234 Å². The number of esters is 1. The number of thiazole rings is 1. The van der Waals surface area contributed by atoms with Crippen LogP contribution < -0.4 is 10.6 Å². The van der Waals surface area contributed by atoms with Crippen molar-refractivity contribution in [2.75, 3.05) is 12.4 Å². The van der Waals surface area contributed by atoms with Gasteiger partial charge in [-0.1, -0.05) is 85.0 Å². The van der Waals surface area contributed by atoms with E-state index in [4.69, 9.17) is 21.5 Å². The van der Waals surface area contributed by atoms with Crippen LogP contribution in [0, 0.1) is 11.7 Å². The topological polar surface area (TPSA) is 89.3 Å². The zero-order chi connectivity index (χ0) is 27.5. The molecule has 0 fully saturated rings. The minimum Gasteiger partial charge on any atom is -0.467 e. The standard InChI is InChI=1S/C29H25FN4O3S2/c1-16(2)24(28(35)36-3)33-27(38)23-25(34-37-26(23)18-7-5-4-6-8-18)17-9-12-20(13-10-17)31-29-32-21-14-11-19(30)15-22(21)39-29/h4-16,24H,1-3H3,(H,31,32)(H,33,38). The molecule has 7 nitrogen and oxygen atoms in total. The van der Waals surface area contributed by atoms with Crippen molar-refractivity contribution in [1.29, 1.82) is 0 Å². The minimum atomic E-state index is -0.636. The van der Waals surface area contributed by atoms with Gasteiger partial charge in [0.2, 0.25) is 0 Å². The van der Waals surface area contributed by atoms with Crippen LogP contribution in [0.4, 0.5) is 15.2 Å². The monoisotopic (exact) mass is 560 g/mol. The van der Waals surface area contributed by atoms with Gasteiger partial charge < -0.3 is 19.9 Å². The molecular weight excluding hydrogens is 535 g/mol. The quantitative estimate of drug-likeness (QED) is 0.155. The molecule has 1 atom stereocenters. The van der Waals surface area contributed by atoms with Crippen molar-refractivity contribution in [1.82, 2.24) is 15.5 Å². The number of nitrogens with zero attached hydrogens (tertiary/aromatic N) is 2. The van der Waals surface area contributed by atoms with E-state index in [1.807, 2.05) is 68.4 Å². The van der Waals surface area contributed by atoms with E-state index in [-0.39, 0.29) is 11.7 Å². The first-order valence-electron chi connectivity index (χ1n) is 12.2. The van der Waals surface area contributed by atoms with Gasteiger partial charge in [-0.3, -0.25) is 0 Å². The van der Waals surface area contributed by atoms with Crippen LogP contribution in [0.1, 0.15) is 19.4 Å². The highest BCUT2D eigenvalue weighted by molar-refractivity contribution is 7.80. The fourth-order valence-electron chi connectivity index (χ4n) is 4.11. The number of carbonyl (C=O) groups excluding carboxylic acids is 1. The largest absolute Gasteiger partial charge is 0.467 e. The second-order valence-corrected chi connectivity index (χ2v) is 10.6. The molecule has 2 aromatic heterocycles. The van der Waals surface area contributed by atoms with Crippen LogP contribution in [-0.4, -0.2) is 34.3 Å². The van der Waals surface area contributed by atoms with E-state index in [2.05, 4.69) is 20.8 Å². The Balaban J connectivity index is 1.47. The molecule has 0 amide bonds. The molecule has 0 aliphatic heterocycles. The van der Waals surface area contributed by atoms with Crippen LogP contribution in [0.3, 0.4) is 0 Å². The van der Waals surface area contributed by atoms with Gasteiger partial charge in [-0.25, -0.2) is 14.2 Å². The average molecular weight is 561 g/mol. The van der Waals surface area contributed by atoms with Gasteiger partial charge >= 0.3 is 5.97 Å². The first-order valence-corrected chi connectivity index (χ1v) is 13.4. The molecule has 39 heavy (non-hydrogen) atoms. The van der Waals surface area contributed by atoms with Crippen molar-refractivity contribution < 1.29 is 18.4 Å². The maximum absolute atomic E-state index is 13.6. The molecule has 5 aromatic rings. The molecule has 1 unspecified atom stereocenters. The number of hydrogen-bond acceptors (Lipinski definition) is 8. The number of anilines is 2. The zero-order valence-electron chi connectivity index (χ0n) is 21.4. The molecule has 2 N–H and O–H groups in total. The molecule has 0 aliphatic rings. The van der Waals surface area contributed by atoms with Crippen molar-refractivity contribution in [3.8, 4) is 22.6 Å². The zero-order valence-corrected chi connectivity index (χ0v) is 23.0. The maximum Gasteiger partial charge on any atom is 0.328 e. The first kappa shape index (κ1) is 26.5. The highest BCUT2D eigenvalue weighted by atomic mass is 32.1. The number of aromatic nitrogens is 2. The lowest BCUT2D eigenvalue weighted by molar-refractivity contribution is -0.143. The molecule has 0 aliphatic carbocycles. The normalized spacial score (nSPS) is 11.9. The fraction of sp³-hybridized carbons (Fsp3) is 0.172. The van der Waals surface area contributed by atoms with E-state index in [0.717, 1.165) is 27.0 Å². The van der Waals surface area contributed by atoms with Crippen LogP contribution >= 0.6 is 23.6 Å². The Bertz CT molecular complexity index is 1630. The number of hydrogen-bond donors (Lipinski definition) is 2. The first-order chi connectivity index (χ1) is 18.8. The number of rotatable bonds is 8. The summed E-state index contributed by atoms with van der Waals surface area (Å²) in [6.07, 6.45) is 0. The summed E-state index contributed by atoms with van der Waals surface area (Å²) in [5.74, 6) is -0.263. The van der Waals surface area contributed by atoms with E-state index in [9.17, 15) is 9.18 Å². The van der Waals surface area contributed by atoms with E-state index >= 15 is 0 Å². The number of halogens is 1. The lowest BCUT2D eigenvalue weighted by Gasteiger charge is -2.21. The van der Waals surface area contributed by atoms with Gasteiger partial charge in [-0.05, 0) is 36.2 Å². The lowest BCUT2D eigenvalue weighted by atomic mass is 10.00. The molecule has 10 heteroatoms. The summed E-state index contributed by atoms with van der Waals surface area (Å²) in [7, 11) is 1.35. The molecule has 0 saturated carbocycles. The van der Waals surface area contributed by atoms with Gasteiger partial charge in [0.15, 0.2) is 10.9 Å². The molecule has 0 radical (unpaired) electrons. The molecule has 0 saturated heterocycles. The molecule has 0 bridgehead atoms. The van der Waals surface area contributed by atoms with Crippen molar-refractivity contribution >= 4 is 55.5 Å². The fourth-order valence-corrected chi connectivity index (χ4v) is 5.34. The Morgan fingerprint density at radius 1 is 1.05 bits per heavy atom. The maximum atomic E-state index is 13.6. The Morgan fingerprint density at radius 3 is 2.49 bits per heavy atom. The average Bonchev–Trinajstić information content (AvgIpc) is 3.56. The third-order valence-corrected chi connectivity index (χ3v) is 7.38. The number of carbonyl (C=O) groups is 1. The van der Waals surface area contributed by atoms with Crippen LogP contribution in [0.15, 0.2) is 77.3 Å². The Morgan fingerprint density at radius 2 is 1.79 bits per heavy atom. The van der Waals surface area contributed by atoms with Crippen molar-refractivity contribution in [2.45, 2.75) is 19.9 Å². The second kappa shape index (κ2) is 11.3. The van der Waals surface area contributed by atoms with Crippen LogP contribution in [0.5, 0.6) is 0 Å². The van der Waals surface area contributed by atoms with Crippen molar-refractivity contribution in [3.05, 3.63) is 84.2 Å². The van der Waals surface area contributed by atoms with Gasteiger partial charge in [0.1, 0.15) is 22.5 Å². The number of nitrogens with one attached hydrogen (secondary N) is 2. The van der Waals surface area contributed by atoms with E-state index in [1.54, 1.807) is 6.07 Å². The third kappa shape index (κ3) is 5.67. The smallest absolute Gasteiger partial charge is 0.328 e. The highest BCUT2D eigenvalue weighted by Crippen LogP contribution is 2.34. The number of benzene rings is 3. The van der Waals surface area contributed by atoms with Gasteiger partial charge in [0.05, 0.1) is 22.9 Å². The molecule has 5 rings (SSSR count). The predicted molar refractivity (Wildman–Crippen MR) is 156 cm³/mol. The number of methoxy groups -OCH3 is 1. The van der Waals surface area contributed by atoms with Crippen LogP contribution in [-0.2, 0) is 9.53 Å². The Hall–Kier alpha value is -4.15. The van der Waals surface area contributed by atoms with Gasteiger partial charge in [0.25, 0.3) is 0 Å². The molecule has 3 aromatic carbocycles. The van der Waals surface area contributed by atoms with Crippen LogP contribution in [0.25, 0.3) is 32.8 Å². The summed E-state index contributed by atoms with van der Waals surface area (Å²) in [5.41, 5.74) is 4.24. The summed E-state index contributed by atoms with van der Waals surface area (Å²) in [5, 5.41) is 11.5. The van der Waals surface area contributed by atoms with Crippen molar-refractivity contribution in [2.24, 2.45) is 5.92 Å². The summed E-state index contributed by atoms with van der Waals surface area (Å²) in [6, 6.07) is 21.0. The van der Waals surface area contributed by atoms with Gasteiger partial charge in [0, 0.05) is 16.8 Å². The van der Waals surface area contributed by atoms with E-state index < -0.39 is 12.0 Å². The summed E-state index contributed by atoms with van der Waals surface area (Å²) in [6.45, 7) is 3.83. The lowest BCUT2D eigenvalue weighted by Crippen LogP contribution is -2.44. The highest BCUT2D eigenvalue weighted by Gasteiger charge is 2.28. The minimum absolute atomic E-state index is 0.0664. The number of fused-ring (bicyclic) bond motifs is 1. The number of ether oxygens (including phenoxy) is 1. The molecule has 198 valence electrons. The summed E-state index contributed by atoms with van der Waals surface area (Å²) >= 11 is 7.17. The van der Waals surface area contributed by atoms with Crippen molar-refractivity contribution in [3.63, 3.8) is 0 Å². The Kier molecular flexibility index (Phi) is 7.67. The molecule has 0 spiro atoms. The van der Waals surface area contributed by atoms with Gasteiger partial charge in [-0.15, -0.1) is 0 Å². The second-order valence-electron chi connectivity index (χ2n) is 9.15. The number of thiocarbonyl (C=S) groups is 1.